The molecule has 0 aliphatic heterocycles. The van der Waals surface area contributed by atoms with Crippen LogP contribution in [0, 0.1) is 17.8 Å². The van der Waals surface area contributed by atoms with E-state index in [4.69, 9.17) is 0 Å². The zero-order chi connectivity index (χ0) is 26.5. The smallest absolute Gasteiger partial charge is 0.00589 e. The molecule has 0 aromatic heterocycles. The number of rotatable bonds is 3. The number of benzene rings is 5. The largest absolute Gasteiger partial charge is 0.0764 e. The van der Waals surface area contributed by atoms with Gasteiger partial charge in [-0.1, -0.05) is 140 Å². The SMILES string of the molecule is C1=CC2C=C(C3C=c4ccccc4=CC3)C=CC2C=C1c1cccc(-c2cc3ccccc3c3ccccc23)c1. The average Bonchev–Trinajstić information content (AvgIpc) is 3.03. The van der Waals surface area contributed by atoms with E-state index in [-0.39, 0.29) is 0 Å². The molecule has 3 atom stereocenters. The van der Waals surface area contributed by atoms with Gasteiger partial charge in [0.15, 0.2) is 0 Å². The average molecular weight is 511 g/mol. The maximum atomic E-state index is 2.50. The minimum Gasteiger partial charge on any atom is -0.0764 e. The van der Waals surface area contributed by atoms with Crippen LogP contribution in [0.15, 0.2) is 145 Å². The molecule has 5 aromatic carbocycles. The Morgan fingerprint density at radius 3 is 2.17 bits per heavy atom. The zero-order valence-corrected chi connectivity index (χ0v) is 22.4. The molecule has 0 saturated carbocycles. The Balaban J connectivity index is 1.11. The van der Waals surface area contributed by atoms with Crippen LogP contribution in [0.2, 0.25) is 0 Å². The molecule has 5 aromatic rings. The molecule has 3 unspecified atom stereocenters. The summed E-state index contributed by atoms with van der Waals surface area (Å²) in [5.74, 6) is 1.27. The molecule has 8 rings (SSSR count). The molecule has 0 heteroatoms. The van der Waals surface area contributed by atoms with Crippen molar-refractivity contribution in [1.29, 1.82) is 0 Å². The van der Waals surface area contributed by atoms with Gasteiger partial charge in [-0.3, -0.25) is 0 Å². The molecule has 0 fully saturated rings. The van der Waals surface area contributed by atoms with E-state index >= 15 is 0 Å². The summed E-state index contributed by atoms with van der Waals surface area (Å²) in [6, 6.07) is 37.7. The molecular formula is C40H30. The first-order chi connectivity index (χ1) is 19.8. The van der Waals surface area contributed by atoms with Crippen molar-refractivity contribution in [2.45, 2.75) is 6.42 Å². The Morgan fingerprint density at radius 1 is 0.525 bits per heavy atom. The molecule has 0 nitrogen and oxygen atoms in total. The van der Waals surface area contributed by atoms with E-state index in [1.807, 2.05) is 0 Å². The highest BCUT2D eigenvalue weighted by Crippen LogP contribution is 2.39. The first kappa shape index (κ1) is 23.2. The summed E-state index contributed by atoms with van der Waals surface area (Å²) in [5.41, 5.74) is 6.59. The summed E-state index contributed by atoms with van der Waals surface area (Å²) < 4.78 is 0. The number of hydrogen-bond acceptors (Lipinski definition) is 0. The van der Waals surface area contributed by atoms with Crippen molar-refractivity contribution in [3.8, 4) is 11.1 Å². The standard InChI is InChI=1S/C40H30/c1-2-9-28-22-31(17-16-27(28)8-1)33-21-20-32-23-30(18-19-34(32)24-33)29-11-7-12-35(25-29)40-26-36-10-3-4-13-37(36)38-14-5-6-15-39(38)40/h1-16,18-26,31-32,34H,17H2. The molecule has 3 aliphatic rings. The number of hydrogen-bond donors (Lipinski definition) is 0. The lowest BCUT2D eigenvalue weighted by Crippen LogP contribution is -2.29. The third-order valence-corrected chi connectivity index (χ3v) is 8.88. The van der Waals surface area contributed by atoms with Crippen molar-refractivity contribution in [2.75, 3.05) is 0 Å². The lowest BCUT2D eigenvalue weighted by atomic mass is 9.76. The van der Waals surface area contributed by atoms with Crippen LogP contribution in [0.25, 0.3) is 50.4 Å². The molecule has 0 radical (unpaired) electrons. The van der Waals surface area contributed by atoms with Gasteiger partial charge in [-0.15, -0.1) is 0 Å². The maximum absolute atomic E-state index is 2.50. The molecule has 190 valence electrons. The van der Waals surface area contributed by atoms with Gasteiger partial charge in [0, 0.05) is 17.8 Å². The van der Waals surface area contributed by atoms with Gasteiger partial charge < -0.3 is 0 Å². The van der Waals surface area contributed by atoms with Crippen LogP contribution in [0.1, 0.15) is 12.0 Å². The normalized spacial score (nSPS) is 21.1. The van der Waals surface area contributed by atoms with Gasteiger partial charge in [0.1, 0.15) is 0 Å². The van der Waals surface area contributed by atoms with E-state index in [1.165, 1.54) is 59.8 Å². The molecule has 0 heterocycles. The maximum Gasteiger partial charge on any atom is 0.00589 e. The van der Waals surface area contributed by atoms with Crippen molar-refractivity contribution in [3.05, 3.63) is 161 Å². The van der Waals surface area contributed by atoms with Gasteiger partial charge in [0.25, 0.3) is 0 Å². The van der Waals surface area contributed by atoms with Gasteiger partial charge in [-0.2, -0.15) is 0 Å². The third kappa shape index (κ3) is 4.00. The topological polar surface area (TPSA) is 0 Å². The van der Waals surface area contributed by atoms with E-state index in [2.05, 4.69) is 152 Å². The van der Waals surface area contributed by atoms with Crippen molar-refractivity contribution in [2.24, 2.45) is 17.8 Å². The fourth-order valence-electron chi connectivity index (χ4n) is 6.79. The van der Waals surface area contributed by atoms with Crippen LogP contribution in [0.3, 0.4) is 0 Å². The van der Waals surface area contributed by atoms with Crippen molar-refractivity contribution < 1.29 is 0 Å². The van der Waals surface area contributed by atoms with Crippen LogP contribution in [0.5, 0.6) is 0 Å². The Hall–Kier alpha value is -4.68. The van der Waals surface area contributed by atoms with E-state index in [9.17, 15) is 0 Å². The molecule has 0 N–H and O–H groups in total. The molecular weight excluding hydrogens is 480 g/mol. The van der Waals surface area contributed by atoms with E-state index in [0.717, 1.165) is 6.42 Å². The summed E-state index contributed by atoms with van der Waals surface area (Å²) in [7, 11) is 0. The predicted molar refractivity (Wildman–Crippen MR) is 171 cm³/mol. The fraction of sp³-hybridized carbons (Fsp3) is 0.100. The first-order valence-corrected chi connectivity index (χ1v) is 14.4. The van der Waals surface area contributed by atoms with Gasteiger partial charge in [-0.25, -0.2) is 0 Å². The lowest BCUT2D eigenvalue weighted by molar-refractivity contribution is 0.644. The highest BCUT2D eigenvalue weighted by molar-refractivity contribution is 6.13. The van der Waals surface area contributed by atoms with Crippen molar-refractivity contribution in [1.82, 2.24) is 0 Å². The third-order valence-electron chi connectivity index (χ3n) is 8.88. The Labute approximate surface area is 235 Å². The number of fused-ring (bicyclic) bond motifs is 5. The fourth-order valence-corrected chi connectivity index (χ4v) is 6.79. The van der Waals surface area contributed by atoms with E-state index in [0.29, 0.717) is 17.8 Å². The van der Waals surface area contributed by atoms with Gasteiger partial charge >= 0.3 is 0 Å². The van der Waals surface area contributed by atoms with Crippen LogP contribution in [-0.2, 0) is 0 Å². The molecule has 0 amide bonds. The second-order valence-corrected chi connectivity index (χ2v) is 11.3. The van der Waals surface area contributed by atoms with E-state index in [1.54, 1.807) is 0 Å². The zero-order valence-electron chi connectivity index (χ0n) is 22.4. The summed E-state index contributed by atoms with van der Waals surface area (Å²) in [5, 5.41) is 7.93. The lowest BCUT2D eigenvalue weighted by Gasteiger charge is -2.28. The molecule has 0 spiro atoms. The minimum atomic E-state index is 0.397. The molecule has 0 bridgehead atoms. The second kappa shape index (κ2) is 9.50. The summed E-state index contributed by atoms with van der Waals surface area (Å²) in [6.45, 7) is 0. The van der Waals surface area contributed by atoms with Crippen LogP contribution in [0.4, 0.5) is 0 Å². The van der Waals surface area contributed by atoms with E-state index < -0.39 is 0 Å². The summed E-state index contributed by atoms with van der Waals surface area (Å²) in [4.78, 5) is 0. The minimum absolute atomic E-state index is 0.397. The van der Waals surface area contributed by atoms with Crippen molar-refractivity contribution in [3.63, 3.8) is 0 Å². The Bertz CT molecular complexity index is 2050. The quantitative estimate of drug-likeness (QED) is 0.213. The number of allylic oxidation sites excluding steroid dienone is 8. The monoisotopic (exact) mass is 510 g/mol. The summed E-state index contributed by atoms with van der Waals surface area (Å²) in [6.07, 6.45) is 20.4. The molecule has 3 aliphatic carbocycles. The van der Waals surface area contributed by atoms with Crippen molar-refractivity contribution >= 4 is 39.3 Å². The summed E-state index contributed by atoms with van der Waals surface area (Å²) >= 11 is 0. The predicted octanol–water partition coefficient (Wildman–Crippen LogP) is 8.62. The first-order valence-electron chi connectivity index (χ1n) is 14.4. The van der Waals surface area contributed by atoms with Crippen LogP contribution >= 0.6 is 0 Å². The van der Waals surface area contributed by atoms with Gasteiger partial charge in [0.05, 0.1) is 0 Å². The Kier molecular flexibility index (Phi) is 5.52. The second-order valence-electron chi connectivity index (χ2n) is 11.3. The van der Waals surface area contributed by atoms with Crippen LogP contribution < -0.4 is 10.4 Å². The molecule has 0 saturated heterocycles. The Morgan fingerprint density at radius 2 is 1.25 bits per heavy atom. The molecule has 40 heavy (non-hydrogen) atoms. The highest BCUT2D eigenvalue weighted by Gasteiger charge is 2.23. The van der Waals surface area contributed by atoms with Gasteiger partial charge in [-0.05, 0) is 78.4 Å². The highest BCUT2D eigenvalue weighted by atomic mass is 14.3. The van der Waals surface area contributed by atoms with Crippen LogP contribution in [-0.4, -0.2) is 0 Å². The van der Waals surface area contributed by atoms with Gasteiger partial charge in [0.2, 0.25) is 0 Å².